The average Bonchev–Trinajstić information content (AvgIpc) is 2.52. The van der Waals surface area contributed by atoms with Gasteiger partial charge in [0.2, 0.25) is 0 Å². The van der Waals surface area contributed by atoms with E-state index in [0.717, 1.165) is 44.6 Å². The van der Waals surface area contributed by atoms with E-state index >= 15 is 0 Å². The van der Waals surface area contributed by atoms with E-state index in [9.17, 15) is 0 Å². The first kappa shape index (κ1) is 21.9. The lowest BCUT2D eigenvalue weighted by Gasteiger charge is -2.32. The molecule has 0 spiro atoms. The number of halogens is 1. The zero-order chi connectivity index (χ0) is 15.3. The molecule has 0 saturated carbocycles. The first-order valence-electron chi connectivity index (χ1n) is 8.54. The third kappa shape index (κ3) is 9.84. The van der Waals surface area contributed by atoms with Crippen LogP contribution < -0.4 is 10.6 Å². The summed E-state index contributed by atoms with van der Waals surface area (Å²) < 4.78 is 5.33. The highest BCUT2D eigenvalue weighted by atomic mass is 127. The lowest BCUT2D eigenvalue weighted by atomic mass is 9.97. The quantitative estimate of drug-likeness (QED) is 0.257. The molecule has 2 N–H and O–H groups in total. The summed E-state index contributed by atoms with van der Waals surface area (Å²) in [5.74, 6) is 1.70. The zero-order valence-corrected chi connectivity index (χ0v) is 16.9. The minimum absolute atomic E-state index is 0. The van der Waals surface area contributed by atoms with E-state index in [1.54, 1.807) is 0 Å². The lowest BCUT2D eigenvalue weighted by molar-refractivity contribution is 0.145. The maximum absolute atomic E-state index is 5.33. The third-order valence-electron chi connectivity index (χ3n) is 3.99. The molecule has 0 radical (unpaired) electrons. The summed E-state index contributed by atoms with van der Waals surface area (Å²) in [6.07, 6.45) is 4.88. The summed E-state index contributed by atoms with van der Waals surface area (Å²) in [6.45, 7) is 11.6. The minimum Gasteiger partial charge on any atom is -0.382 e. The number of nitrogens with one attached hydrogen (secondary N) is 2. The number of hydrogen-bond acceptors (Lipinski definition) is 3. The monoisotopic (exact) mass is 426 g/mol. The molecule has 1 fully saturated rings. The lowest BCUT2D eigenvalue weighted by Crippen LogP contribution is -2.43. The van der Waals surface area contributed by atoms with E-state index in [1.165, 1.54) is 38.9 Å². The predicted octanol–water partition coefficient (Wildman–Crippen LogP) is 2.32. The predicted molar refractivity (Wildman–Crippen MR) is 105 cm³/mol. The van der Waals surface area contributed by atoms with Crippen molar-refractivity contribution in [3.8, 4) is 0 Å². The van der Waals surface area contributed by atoms with E-state index in [1.807, 2.05) is 14.0 Å². The molecule has 6 heteroatoms. The highest BCUT2D eigenvalue weighted by Gasteiger charge is 2.18. The Morgan fingerprint density at radius 3 is 2.55 bits per heavy atom. The van der Waals surface area contributed by atoms with Crippen LogP contribution in [0.3, 0.4) is 0 Å². The van der Waals surface area contributed by atoms with Gasteiger partial charge in [-0.2, -0.15) is 0 Å². The Labute approximate surface area is 153 Å². The van der Waals surface area contributed by atoms with Crippen LogP contribution in [0.15, 0.2) is 4.99 Å². The highest BCUT2D eigenvalue weighted by molar-refractivity contribution is 14.0. The van der Waals surface area contributed by atoms with Gasteiger partial charge in [-0.05, 0) is 58.2 Å². The molecule has 0 aromatic rings. The van der Waals surface area contributed by atoms with Gasteiger partial charge in [-0.3, -0.25) is 4.99 Å². The van der Waals surface area contributed by atoms with Crippen LogP contribution in [0.1, 0.15) is 39.5 Å². The first-order valence-corrected chi connectivity index (χ1v) is 8.54. The number of piperidine rings is 1. The van der Waals surface area contributed by atoms with Gasteiger partial charge in [-0.1, -0.05) is 6.92 Å². The van der Waals surface area contributed by atoms with Crippen molar-refractivity contribution in [1.29, 1.82) is 0 Å². The van der Waals surface area contributed by atoms with Crippen molar-refractivity contribution in [2.75, 3.05) is 53.0 Å². The summed E-state index contributed by atoms with van der Waals surface area (Å²) in [5.41, 5.74) is 0. The summed E-state index contributed by atoms with van der Waals surface area (Å²) in [5, 5.41) is 6.80. The first-order chi connectivity index (χ1) is 10.3. The third-order valence-corrected chi connectivity index (χ3v) is 3.99. The molecule has 1 saturated heterocycles. The second kappa shape index (κ2) is 14.5. The number of ether oxygens (including phenoxy) is 1. The molecule has 0 aromatic carbocycles. The molecule has 5 nitrogen and oxygen atoms in total. The molecule has 0 bridgehead atoms. The molecule has 1 aliphatic rings. The van der Waals surface area contributed by atoms with Gasteiger partial charge < -0.3 is 20.3 Å². The van der Waals surface area contributed by atoms with Crippen molar-refractivity contribution in [3.05, 3.63) is 0 Å². The zero-order valence-electron chi connectivity index (χ0n) is 14.6. The van der Waals surface area contributed by atoms with Crippen LogP contribution in [0.2, 0.25) is 0 Å². The molecular weight excluding hydrogens is 391 g/mol. The summed E-state index contributed by atoms with van der Waals surface area (Å²) in [6, 6.07) is 0. The maximum atomic E-state index is 5.33. The Balaban J connectivity index is 0.00000441. The Morgan fingerprint density at radius 2 is 1.95 bits per heavy atom. The van der Waals surface area contributed by atoms with E-state index in [-0.39, 0.29) is 24.0 Å². The smallest absolute Gasteiger partial charge is 0.190 e. The van der Waals surface area contributed by atoms with Crippen LogP contribution in [0.5, 0.6) is 0 Å². The Bertz CT molecular complexity index is 281. The molecule has 0 unspecified atom stereocenters. The molecule has 1 heterocycles. The van der Waals surface area contributed by atoms with Crippen molar-refractivity contribution in [2.45, 2.75) is 39.5 Å². The van der Waals surface area contributed by atoms with Gasteiger partial charge in [0.05, 0.1) is 0 Å². The van der Waals surface area contributed by atoms with Gasteiger partial charge in [0, 0.05) is 33.4 Å². The highest BCUT2D eigenvalue weighted by Crippen LogP contribution is 2.16. The fraction of sp³-hybridized carbons (Fsp3) is 0.938. The standard InChI is InChI=1S/C16H34N4O.HI/c1-4-10-20-11-7-15(8-12-20)14-19-16(17-3)18-9-6-13-21-5-2;/h15H,4-14H2,1-3H3,(H2,17,18,19);1H. The van der Waals surface area contributed by atoms with Crippen molar-refractivity contribution < 1.29 is 4.74 Å². The molecule has 0 amide bonds. The maximum Gasteiger partial charge on any atom is 0.190 e. The van der Waals surface area contributed by atoms with Crippen molar-refractivity contribution in [2.24, 2.45) is 10.9 Å². The Morgan fingerprint density at radius 1 is 1.23 bits per heavy atom. The van der Waals surface area contributed by atoms with Gasteiger partial charge >= 0.3 is 0 Å². The number of likely N-dealkylation sites (tertiary alicyclic amines) is 1. The van der Waals surface area contributed by atoms with E-state index in [4.69, 9.17) is 4.74 Å². The molecule has 132 valence electrons. The number of rotatable bonds is 9. The van der Waals surface area contributed by atoms with Gasteiger partial charge in [-0.15, -0.1) is 24.0 Å². The normalized spacial score (nSPS) is 17.1. The van der Waals surface area contributed by atoms with Crippen molar-refractivity contribution in [3.63, 3.8) is 0 Å². The van der Waals surface area contributed by atoms with Crippen LogP contribution in [0.4, 0.5) is 0 Å². The fourth-order valence-electron chi connectivity index (χ4n) is 2.72. The average molecular weight is 426 g/mol. The summed E-state index contributed by atoms with van der Waals surface area (Å²) in [4.78, 5) is 6.86. The second-order valence-corrected chi connectivity index (χ2v) is 5.72. The van der Waals surface area contributed by atoms with Gasteiger partial charge in [0.25, 0.3) is 0 Å². The van der Waals surface area contributed by atoms with Gasteiger partial charge in [-0.25, -0.2) is 0 Å². The Hall–Kier alpha value is -0.0800. The number of nitrogens with zero attached hydrogens (tertiary/aromatic N) is 2. The second-order valence-electron chi connectivity index (χ2n) is 5.72. The Kier molecular flexibility index (Phi) is 14.5. The van der Waals surface area contributed by atoms with Crippen LogP contribution in [-0.4, -0.2) is 63.8 Å². The van der Waals surface area contributed by atoms with E-state index < -0.39 is 0 Å². The minimum atomic E-state index is 0. The molecule has 22 heavy (non-hydrogen) atoms. The van der Waals surface area contributed by atoms with Crippen LogP contribution in [0.25, 0.3) is 0 Å². The summed E-state index contributed by atoms with van der Waals surface area (Å²) >= 11 is 0. The molecule has 0 aliphatic carbocycles. The number of hydrogen-bond donors (Lipinski definition) is 2. The van der Waals surface area contributed by atoms with Crippen LogP contribution in [-0.2, 0) is 4.74 Å². The van der Waals surface area contributed by atoms with Crippen LogP contribution >= 0.6 is 24.0 Å². The van der Waals surface area contributed by atoms with Crippen LogP contribution in [0, 0.1) is 5.92 Å². The van der Waals surface area contributed by atoms with Gasteiger partial charge in [0.15, 0.2) is 5.96 Å². The number of guanidine groups is 1. The van der Waals surface area contributed by atoms with Gasteiger partial charge in [0.1, 0.15) is 0 Å². The van der Waals surface area contributed by atoms with E-state index in [2.05, 4.69) is 27.4 Å². The summed E-state index contributed by atoms with van der Waals surface area (Å²) in [7, 11) is 1.84. The van der Waals surface area contributed by atoms with Crippen molar-refractivity contribution in [1.82, 2.24) is 15.5 Å². The fourth-order valence-corrected chi connectivity index (χ4v) is 2.72. The molecular formula is C16H35IN4O. The SMILES string of the molecule is CCCN1CCC(CNC(=NC)NCCCOCC)CC1.I. The molecule has 1 aliphatic heterocycles. The van der Waals surface area contributed by atoms with E-state index in [0.29, 0.717) is 0 Å². The largest absolute Gasteiger partial charge is 0.382 e. The topological polar surface area (TPSA) is 48.9 Å². The molecule has 0 aromatic heterocycles. The van der Waals surface area contributed by atoms with Crippen molar-refractivity contribution >= 4 is 29.9 Å². The number of aliphatic imine (C=N–C) groups is 1. The molecule has 1 rings (SSSR count). The molecule has 0 atom stereocenters.